The number of hydrogen-bond donors (Lipinski definition) is 4. The second kappa shape index (κ2) is 12.0. The third-order valence-electron chi connectivity index (χ3n) is 6.63. The monoisotopic (exact) mass is 544 g/mol. The lowest BCUT2D eigenvalue weighted by Crippen LogP contribution is -2.57. The number of carbonyl (C=O) groups is 4. The van der Waals surface area contributed by atoms with Crippen molar-refractivity contribution >= 4 is 35.0 Å². The summed E-state index contributed by atoms with van der Waals surface area (Å²) in [5.41, 5.74) is 3.98. The highest BCUT2D eigenvalue weighted by molar-refractivity contribution is 7.13. The molecule has 1 saturated heterocycles. The van der Waals surface area contributed by atoms with Gasteiger partial charge in [-0.05, 0) is 30.4 Å². The summed E-state index contributed by atoms with van der Waals surface area (Å²) in [5, 5.41) is 24.8. The fraction of sp³-hybridized carbons (Fsp3) is 0.519. The highest BCUT2D eigenvalue weighted by atomic mass is 32.1. The number of aliphatic hydroxyl groups excluding tert-OH is 1. The molecular weight excluding hydrogens is 508 g/mol. The van der Waals surface area contributed by atoms with Gasteiger partial charge in [-0.15, -0.1) is 11.3 Å². The number of aromatic nitrogens is 1. The summed E-state index contributed by atoms with van der Waals surface area (Å²) >= 11 is 1.56. The fourth-order valence-electron chi connectivity index (χ4n) is 4.47. The molecule has 2 unspecified atom stereocenters. The van der Waals surface area contributed by atoms with E-state index in [1.165, 1.54) is 4.90 Å². The van der Waals surface area contributed by atoms with Crippen LogP contribution in [0.15, 0.2) is 29.8 Å². The maximum Gasteiger partial charge on any atom is 0.303 e. The van der Waals surface area contributed by atoms with Gasteiger partial charge in [0.1, 0.15) is 12.1 Å². The van der Waals surface area contributed by atoms with Crippen LogP contribution >= 0.6 is 11.3 Å². The van der Waals surface area contributed by atoms with Gasteiger partial charge < -0.3 is 25.7 Å². The van der Waals surface area contributed by atoms with Crippen molar-refractivity contribution in [3.8, 4) is 10.4 Å². The molecule has 1 aromatic heterocycles. The number of nitrogens with zero attached hydrogens (tertiary/aromatic N) is 2. The minimum absolute atomic E-state index is 0.0359. The normalized spacial score (nSPS) is 19.1. The van der Waals surface area contributed by atoms with Crippen molar-refractivity contribution in [1.82, 2.24) is 20.5 Å². The van der Waals surface area contributed by atoms with Gasteiger partial charge in [-0.2, -0.15) is 0 Å². The predicted octanol–water partition coefficient (Wildman–Crippen LogP) is 2.65. The highest BCUT2D eigenvalue weighted by Gasteiger charge is 2.44. The third-order valence-corrected chi connectivity index (χ3v) is 7.60. The summed E-state index contributed by atoms with van der Waals surface area (Å²) in [6, 6.07) is 5.60. The van der Waals surface area contributed by atoms with E-state index in [1.807, 2.05) is 38.1 Å². The van der Waals surface area contributed by atoms with Crippen molar-refractivity contribution < 1.29 is 29.4 Å². The maximum atomic E-state index is 13.6. The SMILES string of the molecule is Cc1ncsc1-c1ccc(C(C)NC(=O)[C@@H]2C[C@@H](O)CN2C(=O)C(NC(=O)CCC(=O)O)C(C)(C)C)cc1. The molecule has 4 N–H and O–H groups in total. The number of amides is 3. The van der Waals surface area contributed by atoms with Crippen molar-refractivity contribution in [2.45, 2.75) is 78.1 Å². The topological polar surface area (TPSA) is 149 Å². The molecule has 4 atom stereocenters. The number of rotatable bonds is 9. The van der Waals surface area contributed by atoms with Crippen molar-refractivity contribution in [3.63, 3.8) is 0 Å². The number of hydrogen-bond acceptors (Lipinski definition) is 7. The van der Waals surface area contributed by atoms with E-state index in [0.29, 0.717) is 0 Å². The summed E-state index contributed by atoms with van der Waals surface area (Å²) in [7, 11) is 0. The van der Waals surface area contributed by atoms with Crippen LogP contribution in [0.5, 0.6) is 0 Å². The number of nitrogens with one attached hydrogen (secondary N) is 2. The smallest absolute Gasteiger partial charge is 0.303 e. The van der Waals surface area contributed by atoms with E-state index < -0.39 is 47.3 Å². The molecule has 1 aliphatic rings. The second-order valence-corrected chi connectivity index (χ2v) is 11.6. The Morgan fingerprint density at radius 2 is 1.79 bits per heavy atom. The van der Waals surface area contributed by atoms with Crippen LogP contribution in [0.4, 0.5) is 0 Å². The van der Waals surface area contributed by atoms with Crippen LogP contribution in [0.25, 0.3) is 10.4 Å². The Morgan fingerprint density at radius 1 is 1.13 bits per heavy atom. The Morgan fingerprint density at radius 3 is 2.34 bits per heavy atom. The Hall–Kier alpha value is -3.31. The quantitative estimate of drug-likeness (QED) is 0.379. The minimum Gasteiger partial charge on any atom is -0.481 e. The maximum absolute atomic E-state index is 13.6. The molecule has 0 aliphatic carbocycles. The number of likely N-dealkylation sites (tertiary alicyclic amines) is 1. The summed E-state index contributed by atoms with van der Waals surface area (Å²) < 4.78 is 0. The lowest BCUT2D eigenvalue weighted by atomic mass is 9.85. The Kier molecular flexibility index (Phi) is 9.26. The number of carboxylic acid groups (broad SMARTS) is 1. The van der Waals surface area contributed by atoms with E-state index in [9.17, 15) is 24.3 Å². The van der Waals surface area contributed by atoms with Crippen LogP contribution in [0.2, 0.25) is 0 Å². The van der Waals surface area contributed by atoms with Crippen LogP contribution in [0, 0.1) is 12.3 Å². The van der Waals surface area contributed by atoms with Gasteiger partial charge in [0, 0.05) is 19.4 Å². The molecular formula is C27H36N4O6S. The Labute approximate surface area is 226 Å². The molecule has 3 amide bonds. The van der Waals surface area contributed by atoms with Gasteiger partial charge in [-0.25, -0.2) is 4.98 Å². The molecule has 2 aromatic rings. The zero-order chi connectivity index (χ0) is 28.2. The Bertz CT molecular complexity index is 1170. The van der Waals surface area contributed by atoms with Crippen LogP contribution in [-0.2, 0) is 19.2 Å². The van der Waals surface area contributed by atoms with Crippen molar-refractivity contribution in [3.05, 3.63) is 41.0 Å². The van der Waals surface area contributed by atoms with Crippen LogP contribution in [0.3, 0.4) is 0 Å². The zero-order valence-electron chi connectivity index (χ0n) is 22.4. The molecule has 11 heteroatoms. The first-order valence-electron chi connectivity index (χ1n) is 12.6. The largest absolute Gasteiger partial charge is 0.481 e. The second-order valence-electron chi connectivity index (χ2n) is 10.8. The lowest BCUT2D eigenvalue weighted by molar-refractivity contribution is -0.144. The molecule has 0 saturated carbocycles. The number of thiazole rings is 1. The molecule has 1 fully saturated rings. The third kappa shape index (κ3) is 7.16. The zero-order valence-corrected chi connectivity index (χ0v) is 23.2. The number of aryl methyl sites for hydroxylation is 1. The summed E-state index contributed by atoms with van der Waals surface area (Å²) in [4.78, 5) is 56.7. The number of aliphatic hydroxyl groups is 1. The van der Waals surface area contributed by atoms with E-state index in [0.717, 1.165) is 21.7 Å². The van der Waals surface area contributed by atoms with E-state index in [2.05, 4.69) is 15.6 Å². The van der Waals surface area contributed by atoms with E-state index >= 15 is 0 Å². The van der Waals surface area contributed by atoms with E-state index in [1.54, 1.807) is 37.6 Å². The molecule has 1 aliphatic heterocycles. The Balaban J connectivity index is 1.71. The van der Waals surface area contributed by atoms with Crippen LogP contribution in [-0.4, -0.2) is 68.5 Å². The van der Waals surface area contributed by atoms with Crippen molar-refractivity contribution in [2.75, 3.05) is 6.54 Å². The van der Waals surface area contributed by atoms with Gasteiger partial charge in [-0.3, -0.25) is 19.2 Å². The number of carboxylic acids is 1. The average molecular weight is 545 g/mol. The van der Waals surface area contributed by atoms with Gasteiger partial charge in [0.25, 0.3) is 0 Å². The number of benzene rings is 1. The fourth-order valence-corrected chi connectivity index (χ4v) is 5.28. The number of β-amino-alcohol motifs (C(OH)–C–C–N with tert-alkyl or cyclic N) is 1. The number of aliphatic carboxylic acids is 1. The number of carbonyl (C=O) groups excluding carboxylic acids is 3. The summed E-state index contributed by atoms with van der Waals surface area (Å²) in [6.45, 7) is 9.09. The standard InChI is InChI=1S/C27H36N4O6S/c1-15(17-6-8-18(9-7-17)23-16(2)28-14-38-23)29-25(36)20-12-19(32)13-31(20)26(37)24(27(3,4)5)30-21(33)10-11-22(34)35/h6-9,14-15,19-20,24,32H,10-13H2,1-5H3,(H,29,36)(H,30,33)(H,34,35)/t15?,19-,20+,24?/m1/s1. The molecule has 38 heavy (non-hydrogen) atoms. The molecule has 0 spiro atoms. The lowest BCUT2D eigenvalue weighted by Gasteiger charge is -2.35. The van der Waals surface area contributed by atoms with E-state index in [4.69, 9.17) is 5.11 Å². The summed E-state index contributed by atoms with van der Waals surface area (Å²) in [6.07, 6.45) is -1.42. The van der Waals surface area contributed by atoms with Crippen LogP contribution < -0.4 is 10.6 Å². The molecule has 0 radical (unpaired) electrons. The van der Waals surface area contributed by atoms with Gasteiger partial charge in [-0.1, -0.05) is 45.0 Å². The van der Waals surface area contributed by atoms with Gasteiger partial charge in [0.05, 0.1) is 34.6 Å². The highest BCUT2D eigenvalue weighted by Crippen LogP contribution is 2.29. The predicted molar refractivity (Wildman–Crippen MR) is 143 cm³/mol. The van der Waals surface area contributed by atoms with Crippen LogP contribution in [0.1, 0.15) is 64.3 Å². The molecule has 2 heterocycles. The van der Waals surface area contributed by atoms with Crippen molar-refractivity contribution in [2.24, 2.45) is 5.41 Å². The molecule has 1 aromatic carbocycles. The first kappa shape index (κ1) is 29.2. The first-order chi connectivity index (χ1) is 17.8. The minimum atomic E-state index is -1.11. The first-order valence-corrected chi connectivity index (χ1v) is 13.5. The van der Waals surface area contributed by atoms with Gasteiger partial charge >= 0.3 is 5.97 Å². The molecule has 0 bridgehead atoms. The average Bonchev–Trinajstić information content (AvgIpc) is 3.45. The van der Waals surface area contributed by atoms with Crippen molar-refractivity contribution in [1.29, 1.82) is 0 Å². The van der Waals surface area contributed by atoms with Gasteiger partial charge in [0.2, 0.25) is 17.7 Å². The molecule has 3 rings (SSSR count). The van der Waals surface area contributed by atoms with Gasteiger partial charge in [0.15, 0.2) is 0 Å². The summed E-state index contributed by atoms with van der Waals surface area (Å²) in [5.74, 6) is -2.56. The molecule has 206 valence electrons. The molecule has 10 nitrogen and oxygen atoms in total. The van der Waals surface area contributed by atoms with E-state index in [-0.39, 0.29) is 31.8 Å².